The average molecular weight is 634 g/mol. The largest absolute Gasteiger partial charge is 0.481 e. The molecule has 0 saturated heterocycles. The maximum atomic E-state index is 13.2. The molecule has 43 heavy (non-hydrogen) atoms. The zero-order chi connectivity index (χ0) is 33.4. The molecule has 0 spiro atoms. The Morgan fingerprint density at radius 1 is 0.605 bits per heavy atom. The molecule has 0 heterocycles. The van der Waals surface area contributed by atoms with E-state index in [1.165, 1.54) is 0 Å². The molecule has 0 radical (unpaired) electrons. The maximum absolute atomic E-state index is 13.2. The van der Waals surface area contributed by atoms with Crippen LogP contribution >= 0.6 is 12.6 Å². The maximum Gasteiger partial charge on any atom is 0.327 e. The normalized spacial score (nSPS) is 14.4. The summed E-state index contributed by atoms with van der Waals surface area (Å²) in [4.78, 5) is 97.3. The van der Waals surface area contributed by atoms with E-state index >= 15 is 0 Å². The van der Waals surface area contributed by atoms with Crippen LogP contribution in [-0.4, -0.2) is 98.7 Å². The number of rotatable bonds is 20. The monoisotopic (exact) mass is 633 g/mol. The van der Waals surface area contributed by atoms with Crippen LogP contribution in [0.3, 0.4) is 0 Å². The minimum atomic E-state index is -1.57. The molecule has 0 aliphatic carbocycles. The molecule has 17 heteroatoms. The molecule has 16 nitrogen and oxygen atoms in total. The highest BCUT2D eigenvalue weighted by atomic mass is 32.1. The molecule has 0 bridgehead atoms. The summed E-state index contributed by atoms with van der Waals surface area (Å²) in [5.74, 6) is -9.09. The topological polar surface area (TPSA) is 257 Å². The summed E-state index contributed by atoms with van der Waals surface area (Å²) in [6.07, 6.45) is -1.31. The Hall–Kier alpha value is -3.89. The number of carbonyl (C=O) groups is 8. The molecular formula is C26H43N5O11S. The number of carbonyl (C=O) groups excluding carboxylic acids is 5. The van der Waals surface area contributed by atoms with Gasteiger partial charge >= 0.3 is 17.9 Å². The van der Waals surface area contributed by atoms with E-state index in [9.17, 15) is 43.5 Å². The highest BCUT2D eigenvalue weighted by Gasteiger charge is 2.34. The Bertz CT molecular complexity index is 1040. The lowest BCUT2D eigenvalue weighted by molar-refractivity contribution is -0.142. The van der Waals surface area contributed by atoms with Crippen molar-refractivity contribution in [1.82, 2.24) is 26.6 Å². The van der Waals surface area contributed by atoms with Crippen molar-refractivity contribution in [3.8, 4) is 0 Å². The zero-order valence-electron chi connectivity index (χ0n) is 24.8. The molecule has 0 aromatic rings. The Kier molecular flexibility index (Phi) is 17.6. The first kappa shape index (κ1) is 39.1. The van der Waals surface area contributed by atoms with Crippen LogP contribution in [0.1, 0.15) is 66.7 Å². The Morgan fingerprint density at radius 2 is 1.07 bits per heavy atom. The third-order valence-corrected chi connectivity index (χ3v) is 6.52. The number of thiol groups is 1. The van der Waals surface area contributed by atoms with Crippen molar-refractivity contribution in [2.24, 2.45) is 11.8 Å². The van der Waals surface area contributed by atoms with Gasteiger partial charge in [-0.15, -0.1) is 0 Å². The Labute approximate surface area is 254 Å². The van der Waals surface area contributed by atoms with Crippen molar-refractivity contribution < 1.29 is 53.7 Å². The summed E-state index contributed by atoms with van der Waals surface area (Å²) in [7, 11) is 0. The molecular weight excluding hydrogens is 590 g/mol. The summed E-state index contributed by atoms with van der Waals surface area (Å²) < 4.78 is 0. The minimum Gasteiger partial charge on any atom is -0.481 e. The molecule has 0 saturated carbocycles. The van der Waals surface area contributed by atoms with Crippen molar-refractivity contribution in [2.75, 3.05) is 5.75 Å². The van der Waals surface area contributed by atoms with E-state index in [1.54, 1.807) is 34.6 Å². The number of nitrogens with one attached hydrogen (secondary N) is 5. The van der Waals surface area contributed by atoms with Gasteiger partial charge in [0.1, 0.15) is 30.2 Å². The van der Waals surface area contributed by atoms with Gasteiger partial charge in [-0.3, -0.25) is 33.6 Å². The van der Waals surface area contributed by atoms with E-state index in [4.69, 9.17) is 10.2 Å². The van der Waals surface area contributed by atoms with Gasteiger partial charge in [0.05, 0.1) is 6.42 Å². The van der Waals surface area contributed by atoms with E-state index in [2.05, 4.69) is 39.2 Å². The fraction of sp³-hybridized carbons (Fsp3) is 0.692. The Balaban J connectivity index is 5.65. The average Bonchev–Trinajstić information content (AvgIpc) is 2.89. The molecule has 0 aromatic heterocycles. The minimum absolute atomic E-state index is 0.0336. The van der Waals surface area contributed by atoms with Gasteiger partial charge in [-0.2, -0.15) is 12.6 Å². The molecule has 5 amide bonds. The number of hydrogen-bond donors (Lipinski definition) is 9. The van der Waals surface area contributed by atoms with Crippen molar-refractivity contribution in [2.45, 2.75) is 96.9 Å². The Morgan fingerprint density at radius 3 is 1.49 bits per heavy atom. The third kappa shape index (κ3) is 14.7. The molecule has 8 N–H and O–H groups in total. The van der Waals surface area contributed by atoms with E-state index in [0.29, 0.717) is 0 Å². The first-order chi connectivity index (χ1) is 19.9. The van der Waals surface area contributed by atoms with Crippen molar-refractivity contribution >= 4 is 60.1 Å². The van der Waals surface area contributed by atoms with Crippen molar-refractivity contribution in [3.05, 3.63) is 0 Å². The number of carboxylic acids is 3. The molecule has 0 rings (SSSR count). The van der Waals surface area contributed by atoms with Crippen LogP contribution < -0.4 is 26.6 Å². The smallest absolute Gasteiger partial charge is 0.327 e. The highest BCUT2D eigenvalue weighted by molar-refractivity contribution is 7.80. The van der Waals surface area contributed by atoms with Gasteiger partial charge in [-0.05, 0) is 24.7 Å². The van der Waals surface area contributed by atoms with E-state index in [1.807, 2.05) is 0 Å². The first-order valence-corrected chi connectivity index (χ1v) is 14.4. The summed E-state index contributed by atoms with van der Waals surface area (Å²) in [5, 5.41) is 39.0. The highest BCUT2D eigenvalue weighted by Crippen LogP contribution is 2.09. The molecule has 244 valence electrons. The predicted molar refractivity (Wildman–Crippen MR) is 155 cm³/mol. The lowest BCUT2D eigenvalue weighted by Crippen LogP contribution is -2.61. The van der Waals surface area contributed by atoms with Gasteiger partial charge in [0.2, 0.25) is 29.5 Å². The van der Waals surface area contributed by atoms with Gasteiger partial charge in [0.25, 0.3) is 0 Å². The predicted octanol–water partition coefficient (Wildman–Crippen LogP) is -1.12. The fourth-order valence-electron chi connectivity index (χ4n) is 3.69. The van der Waals surface area contributed by atoms with E-state index in [-0.39, 0.29) is 31.4 Å². The second-order valence-corrected chi connectivity index (χ2v) is 10.8. The van der Waals surface area contributed by atoms with Crippen molar-refractivity contribution in [1.29, 1.82) is 0 Å². The van der Waals surface area contributed by atoms with Gasteiger partial charge < -0.3 is 41.9 Å². The van der Waals surface area contributed by atoms with Gasteiger partial charge in [0, 0.05) is 18.6 Å². The van der Waals surface area contributed by atoms with Crippen LogP contribution in [0, 0.1) is 11.8 Å². The molecule has 5 atom stereocenters. The zero-order valence-corrected chi connectivity index (χ0v) is 25.7. The second-order valence-electron chi connectivity index (χ2n) is 10.5. The molecule has 0 fully saturated rings. The van der Waals surface area contributed by atoms with Gasteiger partial charge in [-0.1, -0.05) is 34.6 Å². The quantitative estimate of drug-likeness (QED) is 0.0725. The third-order valence-electron chi connectivity index (χ3n) is 6.16. The van der Waals surface area contributed by atoms with E-state index in [0.717, 1.165) is 0 Å². The lowest BCUT2D eigenvalue weighted by atomic mass is 9.98. The number of amides is 5. The molecule has 0 aromatic carbocycles. The number of aliphatic carboxylic acids is 3. The summed E-state index contributed by atoms with van der Waals surface area (Å²) >= 11 is 3.89. The summed E-state index contributed by atoms with van der Waals surface area (Å²) in [5.41, 5.74) is 0. The second kappa shape index (κ2) is 19.3. The fourth-order valence-corrected chi connectivity index (χ4v) is 3.94. The van der Waals surface area contributed by atoms with Crippen LogP contribution in [0.25, 0.3) is 0 Å². The lowest BCUT2D eigenvalue weighted by Gasteiger charge is -2.29. The van der Waals surface area contributed by atoms with Crippen LogP contribution in [0.15, 0.2) is 0 Å². The molecule has 0 aliphatic heterocycles. The number of carboxylic acid groups (broad SMARTS) is 3. The van der Waals surface area contributed by atoms with Crippen LogP contribution in [-0.2, 0) is 38.4 Å². The van der Waals surface area contributed by atoms with Crippen molar-refractivity contribution in [3.63, 3.8) is 0 Å². The first-order valence-electron chi connectivity index (χ1n) is 13.7. The van der Waals surface area contributed by atoms with Crippen LogP contribution in [0.5, 0.6) is 0 Å². The molecule has 0 unspecified atom stereocenters. The van der Waals surface area contributed by atoms with Gasteiger partial charge in [-0.25, -0.2) is 4.79 Å². The standard InChI is InChI=1S/C26H43N5O11S/c1-6-14(22(37)29-16(11-43)26(41)42)28-24(39)20(12(2)3)31-25(40)21(13(4)5)30-23(38)15(10-19(35)36)27-17(32)8-7-9-18(33)34/h12-16,20-21,43H,6-11H2,1-5H3,(H,27,32)(H,28,39)(H,29,37)(H,30,38)(H,31,40)(H,33,34)(H,35,36)(H,41,42)/t14-,15-,16-,20-,21-/m0/s1. The van der Waals surface area contributed by atoms with E-state index < -0.39 is 95.9 Å². The van der Waals surface area contributed by atoms with Gasteiger partial charge in [0.15, 0.2) is 0 Å². The van der Waals surface area contributed by atoms with Crippen LogP contribution in [0.2, 0.25) is 0 Å². The van der Waals surface area contributed by atoms with Crippen LogP contribution in [0.4, 0.5) is 0 Å². The number of hydrogen-bond acceptors (Lipinski definition) is 9. The summed E-state index contributed by atoms with van der Waals surface area (Å²) in [6.45, 7) is 8.01. The SMILES string of the molecule is CC[C@H](NC(=O)[C@@H](NC(=O)[C@@H](NC(=O)[C@H](CC(=O)O)NC(=O)CCCC(=O)O)C(C)C)C(C)C)C(=O)N[C@@H](CS)C(=O)O. The molecule has 0 aliphatic rings. The summed E-state index contributed by atoms with van der Waals surface area (Å²) in [6, 6.07) is -6.42.